The van der Waals surface area contributed by atoms with Gasteiger partial charge in [-0.05, 0) is 62.8 Å². The number of fused-ring (bicyclic) bond motifs is 1. The number of ether oxygens (including phenoxy) is 5. The first-order chi connectivity index (χ1) is 14.4. The molecule has 1 aliphatic heterocycles. The van der Waals surface area contributed by atoms with Crippen molar-refractivity contribution in [3.63, 3.8) is 0 Å². The van der Waals surface area contributed by atoms with E-state index >= 15 is 0 Å². The molecule has 1 aliphatic rings. The zero-order valence-corrected chi connectivity index (χ0v) is 18.1. The molecule has 158 valence electrons. The van der Waals surface area contributed by atoms with Crippen LogP contribution in [-0.2, 0) is 0 Å². The van der Waals surface area contributed by atoms with Crippen LogP contribution in [0, 0.1) is 6.92 Å². The smallest absolute Gasteiger partial charge is 0.231 e. The molecule has 2 aromatic carbocycles. The largest absolute Gasteiger partial charge is 0.493 e. The summed E-state index contributed by atoms with van der Waals surface area (Å²) in [5, 5.41) is 0. The summed E-state index contributed by atoms with van der Waals surface area (Å²) in [6.07, 6.45) is 3.66. The number of hydrogen-bond donors (Lipinski definition) is 0. The van der Waals surface area contributed by atoms with Crippen LogP contribution < -0.4 is 23.7 Å². The maximum absolute atomic E-state index is 12.9. The number of Topliss-reactive ketones (excluding diaryl/α,β-unsaturated/α-hetero) is 1. The number of hydrogen-bond acceptors (Lipinski definition) is 6. The zero-order valence-electron chi connectivity index (χ0n) is 18.1. The number of benzene rings is 2. The molecular weight excluding hydrogens is 384 g/mol. The van der Waals surface area contributed by atoms with Gasteiger partial charge >= 0.3 is 0 Å². The molecule has 0 bridgehead atoms. The molecule has 1 heterocycles. The molecule has 0 atom stereocenters. The summed E-state index contributed by atoms with van der Waals surface area (Å²) in [6, 6.07) is 7.05. The van der Waals surface area contributed by atoms with E-state index in [-0.39, 0.29) is 11.5 Å². The van der Waals surface area contributed by atoms with Crippen LogP contribution in [0.2, 0.25) is 0 Å². The maximum Gasteiger partial charge on any atom is 0.231 e. The molecule has 3 rings (SSSR count). The summed E-state index contributed by atoms with van der Waals surface area (Å²) in [6.45, 7) is 6.37. The van der Waals surface area contributed by atoms with Crippen molar-refractivity contribution < 1.29 is 28.5 Å². The van der Waals surface area contributed by atoms with E-state index in [1.807, 2.05) is 26.8 Å². The van der Waals surface area contributed by atoms with E-state index in [4.69, 9.17) is 23.7 Å². The topological polar surface area (TPSA) is 63.2 Å². The first kappa shape index (κ1) is 21.3. The van der Waals surface area contributed by atoms with Crippen LogP contribution in [0.15, 0.2) is 41.7 Å². The average molecular weight is 410 g/mol. The minimum Gasteiger partial charge on any atom is -0.493 e. The van der Waals surface area contributed by atoms with Crippen LogP contribution in [0.1, 0.15) is 35.3 Å². The zero-order chi connectivity index (χ0) is 21.8. The maximum atomic E-state index is 12.9. The van der Waals surface area contributed by atoms with Gasteiger partial charge in [-0.2, -0.15) is 0 Å². The lowest BCUT2D eigenvalue weighted by atomic mass is 10.1. The highest BCUT2D eigenvalue weighted by Gasteiger charge is 2.30. The summed E-state index contributed by atoms with van der Waals surface area (Å²) in [5.41, 5.74) is 3.17. The third-order valence-corrected chi connectivity index (χ3v) is 4.75. The Bertz CT molecular complexity index is 1000. The van der Waals surface area contributed by atoms with Crippen LogP contribution in [0.5, 0.6) is 28.7 Å². The van der Waals surface area contributed by atoms with E-state index < -0.39 is 0 Å². The molecular formula is C24H26O6. The van der Waals surface area contributed by atoms with Gasteiger partial charge in [-0.1, -0.05) is 5.57 Å². The van der Waals surface area contributed by atoms with Crippen molar-refractivity contribution in [1.29, 1.82) is 0 Å². The van der Waals surface area contributed by atoms with Crippen LogP contribution >= 0.6 is 0 Å². The molecule has 6 heteroatoms. The lowest BCUT2D eigenvalue weighted by Crippen LogP contribution is -1.99. The number of carbonyl (C=O) groups is 1. The van der Waals surface area contributed by atoms with Gasteiger partial charge in [0.1, 0.15) is 18.1 Å². The Morgan fingerprint density at radius 2 is 1.67 bits per heavy atom. The molecule has 0 aromatic heterocycles. The summed E-state index contributed by atoms with van der Waals surface area (Å²) in [7, 11) is 4.63. The van der Waals surface area contributed by atoms with Crippen LogP contribution in [0.4, 0.5) is 0 Å². The summed E-state index contributed by atoms with van der Waals surface area (Å²) < 4.78 is 27.8. The molecule has 0 N–H and O–H groups in total. The molecule has 0 amide bonds. The molecule has 0 unspecified atom stereocenters. The van der Waals surface area contributed by atoms with Crippen LogP contribution in [0.3, 0.4) is 0 Å². The second-order valence-corrected chi connectivity index (χ2v) is 7.06. The highest BCUT2D eigenvalue weighted by Crippen LogP contribution is 2.41. The molecule has 0 saturated carbocycles. The van der Waals surface area contributed by atoms with E-state index in [0.29, 0.717) is 46.5 Å². The second-order valence-electron chi connectivity index (χ2n) is 7.06. The fourth-order valence-electron chi connectivity index (χ4n) is 3.16. The first-order valence-corrected chi connectivity index (χ1v) is 9.53. The van der Waals surface area contributed by atoms with Gasteiger partial charge in [0.25, 0.3) is 0 Å². The van der Waals surface area contributed by atoms with Gasteiger partial charge in [0.05, 0.1) is 26.9 Å². The van der Waals surface area contributed by atoms with Gasteiger partial charge in [-0.15, -0.1) is 0 Å². The van der Waals surface area contributed by atoms with Gasteiger partial charge in [-0.25, -0.2) is 0 Å². The van der Waals surface area contributed by atoms with E-state index in [1.54, 1.807) is 51.7 Å². The van der Waals surface area contributed by atoms with Crippen LogP contribution in [-0.4, -0.2) is 33.7 Å². The molecule has 0 fully saturated rings. The number of rotatable bonds is 7. The highest BCUT2D eigenvalue weighted by atomic mass is 16.5. The monoisotopic (exact) mass is 410 g/mol. The minimum absolute atomic E-state index is 0.183. The Hall–Kier alpha value is -3.41. The molecule has 0 saturated heterocycles. The fraction of sp³-hybridized carbons (Fsp3) is 0.292. The van der Waals surface area contributed by atoms with E-state index in [0.717, 1.165) is 5.56 Å². The van der Waals surface area contributed by atoms with Crippen molar-refractivity contribution >= 4 is 11.9 Å². The Labute approximate surface area is 176 Å². The number of carbonyl (C=O) groups excluding carboxylic acids is 1. The standard InChI is InChI=1S/C24H26O6/c1-14(2)9-10-29-18-8-7-17-22(25)19(30-23(17)15(18)3)11-16-12-20(26-4)24(28-6)21(13-16)27-5/h7-9,11-13H,10H2,1-6H3/b19-11-. The van der Waals surface area contributed by atoms with Gasteiger partial charge in [0, 0.05) is 5.56 Å². The lowest BCUT2D eigenvalue weighted by Gasteiger charge is -2.13. The van der Waals surface area contributed by atoms with Gasteiger partial charge < -0.3 is 23.7 Å². The van der Waals surface area contributed by atoms with Gasteiger partial charge in [0.15, 0.2) is 17.3 Å². The SMILES string of the molecule is COc1cc(/C=C2\Oc3c(ccc(OCC=C(C)C)c3C)C2=O)cc(OC)c1OC. The summed E-state index contributed by atoms with van der Waals surface area (Å²) >= 11 is 0. The highest BCUT2D eigenvalue weighted by molar-refractivity contribution is 6.15. The summed E-state index contributed by atoms with van der Waals surface area (Å²) in [4.78, 5) is 12.9. The molecule has 6 nitrogen and oxygen atoms in total. The van der Waals surface area contributed by atoms with E-state index in [9.17, 15) is 4.79 Å². The number of allylic oxidation sites excluding steroid dienone is 2. The quantitative estimate of drug-likeness (QED) is 0.474. The predicted octanol–water partition coefficient (Wildman–Crippen LogP) is 4.98. The van der Waals surface area contributed by atoms with E-state index in [1.165, 1.54) is 5.57 Å². The van der Waals surface area contributed by atoms with Crippen LogP contribution in [0.25, 0.3) is 6.08 Å². The minimum atomic E-state index is -0.183. The molecule has 30 heavy (non-hydrogen) atoms. The average Bonchev–Trinajstić information content (AvgIpc) is 3.04. The second kappa shape index (κ2) is 8.95. The molecule has 0 aliphatic carbocycles. The van der Waals surface area contributed by atoms with Crippen molar-refractivity contribution in [3.05, 3.63) is 58.4 Å². The fourth-order valence-corrected chi connectivity index (χ4v) is 3.16. The summed E-state index contributed by atoms with van der Waals surface area (Å²) in [5.74, 6) is 2.73. The third kappa shape index (κ3) is 4.13. The molecule has 0 radical (unpaired) electrons. The lowest BCUT2D eigenvalue weighted by molar-refractivity contribution is 0.101. The third-order valence-electron chi connectivity index (χ3n) is 4.75. The van der Waals surface area contributed by atoms with Crippen molar-refractivity contribution in [1.82, 2.24) is 0 Å². The first-order valence-electron chi connectivity index (χ1n) is 9.53. The Morgan fingerprint density at radius 1 is 1.00 bits per heavy atom. The van der Waals surface area contributed by atoms with Crippen molar-refractivity contribution in [3.8, 4) is 28.7 Å². The Kier molecular flexibility index (Phi) is 6.35. The number of methoxy groups -OCH3 is 3. The van der Waals surface area contributed by atoms with E-state index in [2.05, 4.69) is 0 Å². The van der Waals surface area contributed by atoms with Crippen molar-refractivity contribution in [2.24, 2.45) is 0 Å². The van der Waals surface area contributed by atoms with Gasteiger partial charge in [-0.3, -0.25) is 4.79 Å². The predicted molar refractivity (Wildman–Crippen MR) is 115 cm³/mol. The Morgan fingerprint density at radius 3 is 2.23 bits per heavy atom. The molecule has 0 spiro atoms. The number of ketones is 1. The normalized spacial score (nSPS) is 13.5. The van der Waals surface area contributed by atoms with Crippen molar-refractivity contribution in [2.45, 2.75) is 20.8 Å². The van der Waals surface area contributed by atoms with Gasteiger partial charge in [0.2, 0.25) is 11.5 Å². The molecule has 2 aromatic rings. The van der Waals surface area contributed by atoms with Crippen molar-refractivity contribution in [2.75, 3.05) is 27.9 Å². The Balaban J connectivity index is 1.93.